The molecule has 2 heterocycles. The molecular formula is C25H23N3O2. The van der Waals surface area contributed by atoms with E-state index in [9.17, 15) is 4.79 Å². The largest absolute Gasteiger partial charge is 0.445 e. The standard InChI is InChI=1S/C25H23N3O2/c29-25(30-17-18-8-3-1-4-9-18)28-15-7-12-23(28)24-26-21-14-13-20(16-22(21)27-24)19-10-5-2-6-11-19/h1-6,8-11,13-14,16,23H,7,12,15,17H2,(H,26,27)/t23-/m0/s1. The summed E-state index contributed by atoms with van der Waals surface area (Å²) in [5.74, 6) is 0.823. The fourth-order valence-corrected chi connectivity index (χ4v) is 4.07. The fraction of sp³-hybridized carbons (Fsp3) is 0.200. The minimum absolute atomic E-state index is 0.0825. The van der Waals surface area contributed by atoms with Crippen LogP contribution in [0.4, 0.5) is 4.79 Å². The lowest BCUT2D eigenvalue weighted by molar-refractivity contribution is 0.0910. The summed E-state index contributed by atoms with van der Waals surface area (Å²) in [5, 5.41) is 0. The summed E-state index contributed by atoms with van der Waals surface area (Å²) in [4.78, 5) is 22.7. The molecule has 0 bridgehead atoms. The molecule has 5 heteroatoms. The van der Waals surface area contributed by atoms with Crippen molar-refractivity contribution in [1.82, 2.24) is 14.9 Å². The van der Waals surface area contributed by atoms with Gasteiger partial charge >= 0.3 is 6.09 Å². The molecule has 0 radical (unpaired) electrons. The van der Waals surface area contributed by atoms with Crippen molar-refractivity contribution in [2.24, 2.45) is 0 Å². The molecule has 1 aliphatic rings. The number of hydrogen-bond donors (Lipinski definition) is 1. The van der Waals surface area contributed by atoms with Gasteiger partial charge in [0.15, 0.2) is 0 Å². The molecule has 1 amide bonds. The number of nitrogens with one attached hydrogen (secondary N) is 1. The number of ether oxygens (including phenoxy) is 1. The van der Waals surface area contributed by atoms with Gasteiger partial charge in [-0.3, -0.25) is 4.90 Å². The summed E-state index contributed by atoms with van der Waals surface area (Å²) in [7, 11) is 0. The Morgan fingerprint density at radius 3 is 2.57 bits per heavy atom. The molecule has 1 aromatic heterocycles. The predicted molar refractivity (Wildman–Crippen MR) is 117 cm³/mol. The number of nitrogens with zero attached hydrogens (tertiary/aromatic N) is 2. The Kier molecular flexibility index (Phi) is 4.93. The maximum absolute atomic E-state index is 12.7. The first-order valence-corrected chi connectivity index (χ1v) is 10.3. The number of H-pyrrole nitrogens is 1. The van der Waals surface area contributed by atoms with Crippen molar-refractivity contribution in [3.05, 3.63) is 90.3 Å². The molecule has 3 aromatic carbocycles. The molecule has 0 saturated carbocycles. The second-order valence-corrected chi connectivity index (χ2v) is 7.61. The lowest BCUT2D eigenvalue weighted by Crippen LogP contribution is -2.31. The van der Waals surface area contributed by atoms with Crippen molar-refractivity contribution >= 4 is 17.1 Å². The highest BCUT2D eigenvalue weighted by atomic mass is 16.6. The summed E-state index contributed by atoms with van der Waals surface area (Å²) in [6, 6.07) is 26.2. The third-order valence-corrected chi connectivity index (χ3v) is 5.62. The fourth-order valence-electron chi connectivity index (χ4n) is 4.07. The lowest BCUT2D eigenvalue weighted by atomic mass is 10.1. The van der Waals surface area contributed by atoms with E-state index >= 15 is 0 Å². The Hall–Kier alpha value is -3.60. The number of hydrogen-bond acceptors (Lipinski definition) is 3. The van der Waals surface area contributed by atoms with E-state index in [1.54, 1.807) is 4.90 Å². The molecule has 1 atom stereocenters. The smallest absolute Gasteiger partial charge is 0.410 e. The molecule has 0 unspecified atom stereocenters. The zero-order valence-corrected chi connectivity index (χ0v) is 16.6. The van der Waals surface area contributed by atoms with Gasteiger partial charge in [0, 0.05) is 6.54 Å². The quantitative estimate of drug-likeness (QED) is 0.480. The van der Waals surface area contributed by atoms with E-state index < -0.39 is 0 Å². The minimum Gasteiger partial charge on any atom is -0.445 e. The molecule has 0 aliphatic carbocycles. The number of carbonyl (C=O) groups is 1. The SMILES string of the molecule is O=C(OCc1ccccc1)N1CCC[C@H]1c1nc2ccc(-c3ccccc3)cc2[nH]1. The zero-order valence-electron chi connectivity index (χ0n) is 16.6. The number of aromatic nitrogens is 2. The summed E-state index contributed by atoms with van der Waals surface area (Å²) >= 11 is 0. The number of imidazole rings is 1. The van der Waals surface area contributed by atoms with Crippen LogP contribution in [-0.2, 0) is 11.3 Å². The second kappa shape index (κ2) is 8.03. The summed E-state index contributed by atoms with van der Waals surface area (Å²) in [6.07, 6.45) is 1.54. The topological polar surface area (TPSA) is 58.2 Å². The van der Waals surface area contributed by atoms with Crippen molar-refractivity contribution in [3.8, 4) is 11.1 Å². The van der Waals surface area contributed by atoms with Gasteiger partial charge < -0.3 is 9.72 Å². The molecule has 4 aromatic rings. The van der Waals surface area contributed by atoms with E-state index in [1.165, 1.54) is 5.56 Å². The van der Waals surface area contributed by atoms with Crippen LogP contribution in [0.15, 0.2) is 78.9 Å². The van der Waals surface area contributed by atoms with E-state index in [1.807, 2.05) is 54.6 Å². The van der Waals surface area contributed by atoms with Gasteiger partial charge in [-0.15, -0.1) is 0 Å². The maximum Gasteiger partial charge on any atom is 0.410 e. The van der Waals surface area contributed by atoms with Crippen molar-refractivity contribution in [2.45, 2.75) is 25.5 Å². The third-order valence-electron chi connectivity index (χ3n) is 5.62. The maximum atomic E-state index is 12.7. The number of carbonyl (C=O) groups excluding carboxylic acids is 1. The minimum atomic E-state index is -0.285. The van der Waals surface area contributed by atoms with Crippen LogP contribution >= 0.6 is 0 Å². The number of likely N-dealkylation sites (tertiary alicyclic amines) is 1. The van der Waals surface area contributed by atoms with Crippen LogP contribution in [0.5, 0.6) is 0 Å². The number of aromatic amines is 1. The highest BCUT2D eigenvalue weighted by Gasteiger charge is 2.33. The number of amides is 1. The van der Waals surface area contributed by atoms with Gasteiger partial charge in [0.25, 0.3) is 0 Å². The second-order valence-electron chi connectivity index (χ2n) is 7.61. The number of fused-ring (bicyclic) bond motifs is 1. The molecule has 1 saturated heterocycles. The molecule has 1 N–H and O–H groups in total. The summed E-state index contributed by atoms with van der Waals surface area (Å²) in [6.45, 7) is 0.966. The summed E-state index contributed by atoms with van der Waals surface area (Å²) < 4.78 is 5.56. The molecule has 150 valence electrons. The number of benzene rings is 3. The monoisotopic (exact) mass is 397 g/mol. The van der Waals surface area contributed by atoms with Crippen molar-refractivity contribution < 1.29 is 9.53 Å². The van der Waals surface area contributed by atoms with Gasteiger partial charge in [0.1, 0.15) is 12.4 Å². The molecule has 0 spiro atoms. The Morgan fingerprint density at radius 2 is 1.77 bits per heavy atom. The average Bonchev–Trinajstić information content (AvgIpc) is 3.45. The van der Waals surface area contributed by atoms with Crippen LogP contribution in [0.2, 0.25) is 0 Å². The highest BCUT2D eigenvalue weighted by Crippen LogP contribution is 2.33. The van der Waals surface area contributed by atoms with Crippen molar-refractivity contribution in [1.29, 1.82) is 0 Å². The molecular weight excluding hydrogens is 374 g/mol. The van der Waals surface area contributed by atoms with Gasteiger partial charge in [0.2, 0.25) is 0 Å². The Labute approximate surface area is 175 Å². The highest BCUT2D eigenvalue weighted by molar-refractivity contribution is 5.82. The van der Waals surface area contributed by atoms with E-state index in [2.05, 4.69) is 29.2 Å². The Morgan fingerprint density at radius 1 is 1.00 bits per heavy atom. The van der Waals surface area contributed by atoms with E-state index in [-0.39, 0.29) is 18.7 Å². The molecule has 1 aliphatic heterocycles. The van der Waals surface area contributed by atoms with E-state index in [4.69, 9.17) is 9.72 Å². The predicted octanol–water partition coefficient (Wildman–Crippen LogP) is 5.70. The van der Waals surface area contributed by atoms with Crippen LogP contribution in [0.1, 0.15) is 30.3 Å². The van der Waals surface area contributed by atoms with Crippen LogP contribution in [0.25, 0.3) is 22.2 Å². The van der Waals surface area contributed by atoms with Gasteiger partial charge in [-0.1, -0.05) is 66.7 Å². The Balaban J connectivity index is 1.35. The molecule has 30 heavy (non-hydrogen) atoms. The first-order chi connectivity index (χ1) is 14.8. The van der Waals surface area contributed by atoms with E-state index in [0.29, 0.717) is 6.54 Å². The van der Waals surface area contributed by atoms with Crippen LogP contribution in [-0.4, -0.2) is 27.5 Å². The van der Waals surface area contributed by atoms with Crippen molar-refractivity contribution in [2.75, 3.05) is 6.54 Å². The zero-order chi connectivity index (χ0) is 20.3. The van der Waals surface area contributed by atoms with Crippen LogP contribution in [0, 0.1) is 0 Å². The molecule has 5 nitrogen and oxygen atoms in total. The normalized spacial score (nSPS) is 16.1. The van der Waals surface area contributed by atoms with E-state index in [0.717, 1.165) is 40.8 Å². The van der Waals surface area contributed by atoms with Gasteiger partial charge in [-0.25, -0.2) is 9.78 Å². The Bertz CT molecular complexity index is 1150. The lowest BCUT2D eigenvalue weighted by Gasteiger charge is -2.22. The number of rotatable bonds is 4. The average molecular weight is 397 g/mol. The summed E-state index contributed by atoms with van der Waals surface area (Å²) in [5.41, 5.74) is 5.19. The van der Waals surface area contributed by atoms with Gasteiger partial charge in [-0.05, 0) is 41.7 Å². The third kappa shape index (κ3) is 3.66. The van der Waals surface area contributed by atoms with Crippen molar-refractivity contribution in [3.63, 3.8) is 0 Å². The molecule has 1 fully saturated rings. The first-order valence-electron chi connectivity index (χ1n) is 10.3. The molecule has 5 rings (SSSR count). The van der Waals surface area contributed by atoms with Crippen LogP contribution in [0.3, 0.4) is 0 Å². The van der Waals surface area contributed by atoms with Gasteiger partial charge in [-0.2, -0.15) is 0 Å². The first kappa shape index (κ1) is 18.4. The van der Waals surface area contributed by atoms with Gasteiger partial charge in [0.05, 0.1) is 17.1 Å². The van der Waals surface area contributed by atoms with Crippen LogP contribution < -0.4 is 0 Å².